The maximum Gasteiger partial charge on any atom is 0.271 e. The molecular formula is C17H21N3O2. The first-order chi connectivity index (χ1) is 10.8. The highest BCUT2D eigenvalue weighted by atomic mass is 16.5. The minimum Gasteiger partial charge on any atom is -0.376 e. The van der Waals surface area contributed by atoms with Gasteiger partial charge in [0.25, 0.3) is 5.91 Å². The highest BCUT2D eigenvalue weighted by molar-refractivity contribution is 5.92. The number of carbonyl (C=O) groups excluding carboxylic acids is 1. The topological polar surface area (TPSA) is 58.2 Å². The van der Waals surface area contributed by atoms with E-state index >= 15 is 0 Å². The molecule has 2 heterocycles. The zero-order valence-electron chi connectivity index (χ0n) is 12.6. The van der Waals surface area contributed by atoms with Crippen LogP contribution in [0.5, 0.6) is 0 Å². The van der Waals surface area contributed by atoms with Crippen molar-refractivity contribution in [1.82, 2.24) is 15.1 Å². The van der Waals surface area contributed by atoms with Crippen LogP contribution in [-0.4, -0.2) is 46.8 Å². The Morgan fingerprint density at radius 3 is 2.95 bits per heavy atom. The molecule has 1 aliphatic heterocycles. The maximum absolute atomic E-state index is 12.2. The number of hydrogen-bond acceptors (Lipinski definition) is 3. The van der Waals surface area contributed by atoms with Gasteiger partial charge in [-0.25, -0.2) is 0 Å². The smallest absolute Gasteiger partial charge is 0.271 e. The van der Waals surface area contributed by atoms with Gasteiger partial charge in [-0.05, 0) is 30.9 Å². The fraction of sp³-hybridized carbons (Fsp3) is 0.412. The van der Waals surface area contributed by atoms with Crippen molar-refractivity contribution < 1.29 is 9.53 Å². The summed E-state index contributed by atoms with van der Waals surface area (Å²) in [7, 11) is 0. The van der Waals surface area contributed by atoms with E-state index in [1.807, 2.05) is 11.0 Å². The van der Waals surface area contributed by atoms with Crippen LogP contribution < -0.4 is 0 Å². The van der Waals surface area contributed by atoms with E-state index in [2.05, 4.69) is 34.5 Å². The monoisotopic (exact) mass is 299 g/mol. The Hall–Kier alpha value is -2.14. The van der Waals surface area contributed by atoms with Crippen LogP contribution in [0.1, 0.15) is 28.9 Å². The van der Waals surface area contributed by atoms with Crippen molar-refractivity contribution in [3.05, 3.63) is 53.9 Å². The van der Waals surface area contributed by atoms with E-state index in [1.165, 1.54) is 5.56 Å². The molecule has 5 heteroatoms. The molecule has 0 bridgehead atoms. The number of ether oxygens (including phenoxy) is 1. The first kappa shape index (κ1) is 14.8. The van der Waals surface area contributed by atoms with E-state index in [-0.39, 0.29) is 12.0 Å². The van der Waals surface area contributed by atoms with Gasteiger partial charge >= 0.3 is 0 Å². The highest BCUT2D eigenvalue weighted by Crippen LogP contribution is 2.15. The van der Waals surface area contributed by atoms with E-state index in [4.69, 9.17) is 4.74 Å². The third kappa shape index (κ3) is 3.74. The lowest BCUT2D eigenvalue weighted by Gasteiger charge is -2.15. The lowest BCUT2D eigenvalue weighted by Crippen LogP contribution is -2.30. The lowest BCUT2D eigenvalue weighted by atomic mass is 10.1. The van der Waals surface area contributed by atoms with Crippen molar-refractivity contribution in [3.8, 4) is 0 Å². The molecule has 1 aromatic carbocycles. The second kappa shape index (κ2) is 7.22. The number of nitrogens with one attached hydrogen (secondary N) is 1. The fourth-order valence-electron chi connectivity index (χ4n) is 2.77. The molecule has 0 radical (unpaired) electrons. The number of hydrogen-bond donors (Lipinski definition) is 1. The van der Waals surface area contributed by atoms with Gasteiger partial charge in [-0.3, -0.25) is 9.89 Å². The summed E-state index contributed by atoms with van der Waals surface area (Å²) in [4.78, 5) is 14.0. The third-order valence-electron chi connectivity index (χ3n) is 3.97. The summed E-state index contributed by atoms with van der Waals surface area (Å²) in [6, 6.07) is 12.1. The van der Waals surface area contributed by atoms with Gasteiger partial charge in [0.05, 0.1) is 6.10 Å². The summed E-state index contributed by atoms with van der Waals surface area (Å²) in [5.74, 6) is 0.00730. The van der Waals surface area contributed by atoms with Crippen molar-refractivity contribution >= 4 is 5.91 Å². The summed E-state index contributed by atoms with van der Waals surface area (Å²) >= 11 is 0. The largest absolute Gasteiger partial charge is 0.376 e. The molecule has 0 unspecified atom stereocenters. The fourth-order valence-corrected chi connectivity index (χ4v) is 2.77. The maximum atomic E-state index is 12.2. The Bertz CT molecular complexity index is 583. The second-order valence-corrected chi connectivity index (χ2v) is 5.59. The van der Waals surface area contributed by atoms with Crippen molar-refractivity contribution in [1.29, 1.82) is 0 Å². The number of H-pyrrole nitrogens is 1. The van der Waals surface area contributed by atoms with Gasteiger partial charge in [0.1, 0.15) is 5.69 Å². The molecule has 1 atom stereocenters. The van der Waals surface area contributed by atoms with Gasteiger partial charge in [-0.2, -0.15) is 5.10 Å². The Morgan fingerprint density at radius 2 is 2.18 bits per heavy atom. The molecule has 116 valence electrons. The molecule has 1 N–H and O–H groups in total. The van der Waals surface area contributed by atoms with E-state index in [9.17, 15) is 4.79 Å². The molecule has 0 saturated carbocycles. The van der Waals surface area contributed by atoms with Crippen molar-refractivity contribution in [2.45, 2.75) is 25.4 Å². The molecule has 1 fully saturated rings. The van der Waals surface area contributed by atoms with Gasteiger partial charge in [0, 0.05) is 25.9 Å². The first-order valence-electron chi connectivity index (χ1n) is 7.77. The summed E-state index contributed by atoms with van der Waals surface area (Å²) in [6.45, 7) is 2.16. The molecule has 2 aromatic rings. The Labute approximate surface area is 130 Å². The van der Waals surface area contributed by atoms with Gasteiger partial charge < -0.3 is 9.64 Å². The molecule has 1 saturated heterocycles. The van der Waals surface area contributed by atoms with Gasteiger partial charge in [-0.1, -0.05) is 30.3 Å². The minimum absolute atomic E-state index is 0.00730. The van der Waals surface area contributed by atoms with Gasteiger partial charge in [0.15, 0.2) is 0 Å². The molecule has 5 nitrogen and oxygen atoms in total. The molecule has 0 aliphatic carbocycles. The summed E-state index contributed by atoms with van der Waals surface area (Å²) in [5, 5.41) is 6.54. The first-order valence-corrected chi connectivity index (χ1v) is 7.77. The average molecular weight is 299 g/mol. The molecular weight excluding hydrogens is 278 g/mol. The standard InChI is InChI=1S/C17H21N3O2/c21-17(16-8-10-18-19-16)20-11-9-15(13-20)22-12-4-7-14-5-2-1-3-6-14/h1-3,5-6,8,10,15H,4,7,9,11-13H2,(H,18,19)/t15-/m0/s1. The molecule has 3 rings (SSSR count). The Balaban J connectivity index is 1.37. The van der Waals surface area contributed by atoms with Gasteiger partial charge in [0.2, 0.25) is 0 Å². The van der Waals surface area contributed by atoms with E-state index in [0.29, 0.717) is 12.2 Å². The van der Waals surface area contributed by atoms with E-state index in [1.54, 1.807) is 12.3 Å². The van der Waals surface area contributed by atoms with Crippen molar-refractivity contribution in [2.24, 2.45) is 0 Å². The molecule has 22 heavy (non-hydrogen) atoms. The molecule has 0 spiro atoms. The average Bonchev–Trinajstić information content (AvgIpc) is 3.24. The molecule has 1 amide bonds. The van der Waals surface area contributed by atoms with E-state index < -0.39 is 0 Å². The number of amides is 1. The molecule has 1 aliphatic rings. The third-order valence-corrected chi connectivity index (χ3v) is 3.97. The number of aromatic nitrogens is 2. The zero-order chi connectivity index (χ0) is 15.2. The van der Waals surface area contributed by atoms with Crippen LogP contribution >= 0.6 is 0 Å². The summed E-state index contributed by atoms with van der Waals surface area (Å²) < 4.78 is 5.90. The zero-order valence-corrected chi connectivity index (χ0v) is 12.6. The number of benzene rings is 1. The van der Waals surface area contributed by atoms with Crippen LogP contribution in [0.2, 0.25) is 0 Å². The number of carbonyl (C=O) groups is 1. The van der Waals surface area contributed by atoms with Crippen LogP contribution in [0, 0.1) is 0 Å². The number of aromatic amines is 1. The summed E-state index contributed by atoms with van der Waals surface area (Å²) in [6.07, 6.45) is 4.70. The second-order valence-electron chi connectivity index (χ2n) is 5.59. The lowest BCUT2D eigenvalue weighted by molar-refractivity contribution is 0.0523. The number of aryl methyl sites for hydroxylation is 1. The predicted octanol–water partition coefficient (Wildman–Crippen LogP) is 2.27. The van der Waals surface area contributed by atoms with Gasteiger partial charge in [-0.15, -0.1) is 0 Å². The quantitative estimate of drug-likeness (QED) is 0.833. The van der Waals surface area contributed by atoms with E-state index in [0.717, 1.165) is 32.4 Å². The van der Waals surface area contributed by atoms with Crippen LogP contribution in [-0.2, 0) is 11.2 Å². The minimum atomic E-state index is 0.00730. The van der Waals surface area contributed by atoms with Crippen LogP contribution in [0.4, 0.5) is 0 Å². The summed E-state index contributed by atoms with van der Waals surface area (Å²) in [5.41, 5.74) is 1.89. The van der Waals surface area contributed by atoms with Crippen molar-refractivity contribution in [3.63, 3.8) is 0 Å². The molecule has 1 aromatic heterocycles. The van der Waals surface area contributed by atoms with Crippen LogP contribution in [0.3, 0.4) is 0 Å². The number of rotatable bonds is 6. The number of nitrogens with zero attached hydrogens (tertiary/aromatic N) is 2. The normalized spacial score (nSPS) is 17.8. The van der Waals surface area contributed by atoms with Crippen LogP contribution in [0.15, 0.2) is 42.6 Å². The number of likely N-dealkylation sites (tertiary alicyclic amines) is 1. The Morgan fingerprint density at radius 1 is 1.32 bits per heavy atom. The Kier molecular flexibility index (Phi) is 4.85. The van der Waals surface area contributed by atoms with Crippen molar-refractivity contribution in [2.75, 3.05) is 19.7 Å². The predicted molar refractivity (Wildman–Crippen MR) is 83.6 cm³/mol. The highest BCUT2D eigenvalue weighted by Gasteiger charge is 2.27. The SMILES string of the molecule is O=C(c1ccn[nH]1)N1CC[C@H](OCCCc2ccccc2)C1. The van der Waals surface area contributed by atoms with Crippen LogP contribution in [0.25, 0.3) is 0 Å².